The van der Waals surface area contributed by atoms with Gasteiger partial charge in [-0.05, 0) is 36.4 Å². The molecule has 3 aliphatic heterocycles. The second kappa shape index (κ2) is 6.20. The molecule has 0 aromatic heterocycles. The van der Waals surface area contributed by atoms with Gasteiger partial charge in [-0.2, -0.15) is 0 Å². The van der Waals surface area contributed by atoms with Gasteiger partial charge in [0.2, 0.25) is 5.43 Å². The molecule has 0 spiro atoms. The van der Waals surface area contributed by atoms with E-state index >= 15 is 0 Å². The number of fused-ring (bicyclic) bond motifs is 2. The molecule has 0 amide bonds. The van der Waals surface area contributed by atoms with E-state index in [4.69, 9.17) is 18.6 Å². The van der Waals surface area contributed by atoms with Gasteiger partial charge in [0.1, 0.15) is 42.2 Å². The van der Waals surface area contributed by atoms with Crippen LogP contribution in [0.25, 0.3) is 17.9 Å². The van der Waals surface area contributed by atoms with E-state index in [0.29, 0.717) is 57.6 Å². The highest BCUT2D eigenvalue weighted by Gasteiger charge is 2.23. The number of benzene rings is 1. The van der Waals surface area contributed by atoms with E-state index in [1.54, 1.807) is 42.5 Å². The second-order valence-electron chi connectivity index (χ2n) is 6.53. The van der Waals surface area contributed by atoms with E-state index in [0.717, 1.165) is 0 Å². The molecule has 0 bridgehead atoms. The largest absolute Gasteiger partial charge is 0.507 e. The number of hydrogen-bond donors (Lipinski definition) is 1. The van der Waals surface area contributed by atoms with Gasteiger partial charge >= 0.3 is 0 Å². The minimum atomic E-state index is -0.315. The van der Waals surface area contributed by atoms with Gasteiger partial charge in [0, 0.05) is 17.2 Å². The van der Waals surface area contributed by atoms with Crippen LogP contribution in [0.5, 0.6) is 17.2 Å². The van der Waals surface area contributed by atoms with Crippen molar-refractivity contribution in [3.8, 4) is 17.2 Å². The predicted molar refractivity (Wildman–Crippen MR) is 102 cm³/mol. The molecular formula is C22H16O6. The molecule has 0 atom stereocenters. The van der Waals surface area contributed by atoms with Gasteiger partial charge in [0.15, 0.2) is 11.5 Å². The Kier molecular flexibility index (Phi) is 3.65. The summed E-state index contributed by atoms with van der Waals surface area (Å²) in [5.74, 6) is 1.63. The Labute approximate surface area is 158 Å². The number of aliphatic hydroxyl groups is 1. The van der Waals surface area contributed by atoms with E-state index in [-0.39, 0.29) is 23.0 Å². The Hall–Kier alpha value is -3.67. The van der Waals surface area contributed by atoms with Crippen LogP contribution in [0.4, 0.5) is 0 Å². The average molecular weight is 376 g/mol. The smallest absolute Gasteiger partial charge is 0.200 e. The van der Waals surface area contributed by atoms with Gasteiger partial charge in [-0.25, -0.2) is 0 Å². The summed E-state index contributed by atoms with van der Waals surface area (Å²) in [5.41, 5.74) is 1.73. The molecular weight excluding hydrogens is 360 g/mol. The van der Waals surface area contributed by atoms with E-state index < -0.39 is 0 Å². The Morgan fingerprint density at radius 1 is 0.964 bits per heavy atom. The van der Waals surface area contributed by atoms with Crippen LogP contribution in [-0.4, -0.2) is 24.9 Å². The molecule has 0 unspecified atom stereocenters. The summed E-state index contributed by atoms with van der Waals surface area (Å²) < 4.78 is 22.4. The van der Waals surface area contributed by atoms with E-state index in [1.807, 2.05) is 0 Å². The van der Waals surface area contributed by atoms with Crippen molar-refractivity contribution in [3.63, 3.8) is 0 Å². The van der Waals surface area contributed by atoms with Crippen LogP contribution >= 0.6 is 0 Å². The minimum Gasteiger partial charge on any atom is -0.507 e. The van der Waals surface area contributed by atoms with Crippen LogP contribution in [0.1, 0.15) is 5.56 Å². The first kappa shape index (κ1) is 16.5. The van der Waals surface area contributed by atoms with Crippen LogP contribution in [0.3, 0.4) is 0 Å². The Morgan fingerprint density at radius 3 is 2.57 bits per heavy atom. The van der Waals surface area contributed by atoms with Crippen molar-refractivity contribution in [2.45, 2.75) is 0 Å². The first-order valence-corrected chi connectivity index (χ1v) is 8.84. The molecule has 140 valence electrons. The lowest BCUT2D eigenvalue weighted by Crippen LogP contribution is -2.29. The summed E-state index contributed by atoms with van der Waals surface area (Å²) in [6.45, 7) is 4.92. The zero-order valence-corrected chi connectivity index (χ0v) is 14.9. The average Bonchev–Trinajstić information content (AvgIpc) is 2.71. The molecule has 6 heteroatoms. The van der Waals surface area contributed by atoms with Gasteiger partial charge in [-0.1, -0.05) is 6.58 Å². The van der Waals surface area contributed by atoms with Gasteiger partial charge in [0.25, 0.3) is 0 Å². The summed E-state index contributed by atoms with van der Waals surface area (Å²) in [4.78, 5) is 12.9. The number of ether oxygens (including phenoxy) is 3. The maximum atomic E-state index is 12.9. The summed E-state index contributed by atoms with van der Waals surface area (Å²) in [5, 5.41) is 11.5. The van der Waals surface area contributed by atoms with Crippen molar-refractivity contribution in [2.75, 3.05) is 19.8 Å². The fourth-order valence-corrected chi connectivity index (χ4v) is 3.46. The fraction of sp³-hybridized carbons (Fsp3) is 0.136. The number of rotatable bonds is 1. The quantitative estimate of drug-likeness (QED) is 0.696. The maximum absolute atomic E-state index is 12.9. The molecule has 1 aromatic carbocycles. The summed E-state index contributed by atoms with van der Waals surface area (Å²) in [7, 11) is 0. The zero-order valence-electron chi connectivity index (χ0n) is 14.9. The fourth-order valence-electron chi connectivity index (χ4n) is 3.46. The third kappa shape index (κ3) is 2.53. The van der Waals surface area contributed by atoms with E-state index in [2.05, 4.69) is 6.58 Å². The van der Waals surface area contributed by atoms with Crippen LogP contribution in [0.15, 0.2) is 51.7 Å². The van der Waals surface area contributed by atoms with Gasteiger partial charge < -0.3 is 23.7 Å². The van der Waals surface area contributed by atoms with Crippen molar-refractivity contribution in [1.82, 2.24) is 0 Å². The Morgan fingerprint density at radius 2 is 1.75 bits per heavy atom. The summed E-state index contributed by atoms with van der Waals surface area (Å²) in [6, 6.07) is 9.99. The number of aliphatic hydroxyl groups excluding tert-OH is 1. The highest BCUT2D eigenvalue weighted by atomic mass is 16.6. The van der Waals surface area contributed by atoms with Crippen LogP contribution in [0, 0.1) is 10.6 Å². The molecule has 0 radical (unpaired) electrons. The van der Waals surface area contributed by atoms with Crippen molar-refractivity contribution in [1.29, 1.82) is 0 Å². The topological polar surface area (TPSA) is 78.1 Å². The zero-order chi connectivity index (χ0) is 19.3. The van der Waals surface area contributed by atoms with Crippen molar-refractivity contribution >= 4 is 17.9 Å². The standard InChI is InChI=1S/C22H16O6/c1-12-2-3-14-17(28-12)5-4-15(22(14)24)21(23)13-6-7-25-18-11-20-19(10-16(13)18)26-8-9-27-20/h2-6,10-11,23H,1,7-9H2. The summed E-state index contributed by atoms with van der Waals surface area (Å²) in [6.07, 6.45) is 1.74. The lowest BCUT2D eigenvalue weighted by Gasteiger charge is -2.24. The minimum absolute atomic E-state index is 0.119. The lowest BCUT2D eigenvalue weighted by atomic mass is 9.98. The van der Waals surface area contributed by atoms with Gasteiger partial charge in [-0.15, -0.1) is 0 Å². The highest BCUT2D eigenvalue weighted by Crippen LogP contribution is 2.42. The molecule has 0 fully saturated rings. The van der Waals surface area contributed by atoms with E-state index in [1.165, 1.54) is 0 Å². The molecule has 1 N–H and O–H groups in total. The van der Waals surface area contributed by atoms with Crippen LogP contribution in [0.2, 0.25) is 0 Å². The Balaban J connectivity index is 1.74. The molecule has 6 nitrogen and oxygen atoms in total. The predicted octanol–water partition coefficient (Wildman–Crippen LogP) is 1.69. The lowest BCUT2D eigenvalue weighted by molar-refractivity contribution is 0.170. The van der Waals surface area contributed by atoms with E-state index in [9.17, 15) is 9.90 Å². The van der Waals surface area contributed by atoms with Crippen LogP contribution < -0.4 is 30.3 Å². The first-order chi connectivity index (χ1) is 13.6. The Bertz CT molecular complexity index is 1370. The third-order valence-electron chi connectivity index (χ3n) is 4.80. The molecule has 0 saturated carbocycles. The van der Waals surface area contributed by atoms with Crippen molar-refractivity contribution < 1.29 is 23.7 Å². The highest BCUT2D eigenvalue weighted by molar-refractivity contribution is 5.97. The van der Waals surface area contributed by atoms with Crippen LogP contribution in [-0.2, 0) is 0 Å². The van der Waals surface area contributed by atoms with Gasteiger partial charge in [-0.3, -0.25) is 4.79 Å². The summed E-state index contributed by atoms with van der Waals surface area (Å²) >= 11 is 0. The monoisotopic (exact) mass is 376 g/mol. The SMILES string of the molecule is C=c1ccc2c(=O)c(=C(O)C3=CCOc4cc5c(cc43)OCCO5)ccc=2o1. The third-order valence-corrected chi connectivity index (χ3v) is 4.80. The van der Waals surface area contributed by atoms with Gasteiger partial charge in [0.05, 0.1) is 10.4 Å². The van der Waals surface area contributed by atoms with Crippen molar-refractivity contribution in [3.05, 3.63) is 79.5 Å². The second-order valence-corrected chi connectivity index (χ2v) is 6.53. The molecule has 5 rings (SSSR count). The molecule has 4 aliphatic rings. The molecule has 1 aliphatic carbocycles. The van der Waals surface area contributed by atoms with Crippen molar-refractivity contribution in [2.24, 2.45) is 0 Å². The maximum Gasteiger partial charge on any atom is 0.200 e. The molecule has 28 heavy (non-hydrogen) atoms. The first-order valence-electron chi connectivity index (χ1n) is 8.84. The normalized spacial score (nSPS) is 16.1. The molecule has 1 aromatic rings. The number of hydrogen-bond acceptors (Lipinski definition) is 6. The molecule has 0 saturated heterocycles. The molecule has 3 heterocycles.